The summed E-state index contributed by atoms with van der Waals surface area (Å²) in [6, 6.07) is 11.6. The topological polar surface area (TPSA) is 93.8 Å². The molecule has 0 bridgehead atoms. The molecule has 1 amide bonds. The SMILES string of the molecule is O=C(COc1ccccc1[N+](=O)[O-])NN=Cc1ccccc1F. The van der Waals surface area contributed by atoms with Crippen molar-refractivity contribution in [2.45, 2.75) is 0 Å². The number of halogens is 1. The van der Waals surface area contributed by atoms with Crippen LogP contribution < -0.4 is 10.2 Å². The summed E-state index contributed by atoms with van der Waals surface area (Å²) in [5.41, 5.74) is 2.12. The van der Waals surface area contributed by atoms with Crippen molar-refractivity contribution in [1.82, 2.24) is 5.43 Å². The van der Waals surface area contributed by atoms with Crippen LogP contribution in [-0.4, -0.2) is 23.7 Å². The van der Waals surface area contributed by atoms with Gasteiger partial charge in [-0.25, -0.2) is 9.82 Å². The lowest BCUT2D eigenvalue weighted by molar-refractivity contribution is -0.385. The van der Waals surface area contributed by atoms with E-state index in [9.17, 15) is 19.3 Å². The molecule has 0 aliphatic rings. The Bertz CT molecular complexity index is 749. The fourth-order valence-corrected chi connectivity index (χ4v) is 1.66. The first kappa shape index (κ1) is 16.1. The van der Waals surface area contributed by atoms with Crippen molar-refractivity contribution in [2.24, 2.45) is 5.10 Å². The molecule has 2 aromatic carbocycles. The number of rotatable bonds is 6. The maximum Gasteiger partial charge on any atom is 0.310 e. The molecule has 7 nitrogen and oxygen atoms in total. The van der Waals surface area contributed by atoms with Crippen LogP contribution in [0.1, 0.15) is 5.56 Å². The number of carbonyl (C=O) groups is 1. The third kappa shape index (κ3) is 4.60. The largest absolute Gasteiger partial charge is 0.477 e. The number of hydrogen-bond donors (Lipinski definition) is 1. The number of ether oxygens (including phenoxy) is 1. The van der Waals surface area contributed by atoms with Gasteiger partial charge in [-0.15, -0.1) is 0 Å². The Morgan fingerprint density at radius 1 is 1.26 bits per heavy atom. The third-order valence-corrected chi connectivity index (χ3v) is 2.72. The van der Waals surface area contributed by atoms with Gasteiger partial charge < -0.3 is 4.74 Å². The maximum absolute atomic E-state index is 13.3. The molecular weight excluding hydrogens is 305 g/mol. The number of nitrogens with zero attached hydrogens (tertiary/aromatic N) is 2. The van der Waals surface area contributed by atoms with E-state index in [1.165, 1.54) is 36.4 Å². The number of hydrogen-bond acceptors (Lipinski definition) is 5. The molecule has 0 aliphatic heterocycles. The molecule has 1 N–H and O–H groups in total. The first-order valence-corrected chi connectivity index (χ1v) is 6.50. The number of nitrogens with one attached hydrogen (secondary N) is 1. The number of amides is 1. The van der Waals surface area contributed by atoms with Gasteiger partial charge in [0.25, 0.3) is 5.91 Å². The van der Waals surface area contributed by atoms with Gasteiger partial charge in [-0.2, -0.15) is 5.10 Å². The Morgan fingerprint density at radius 3 is 2.70 bits per heavy atom. The smallest absolute Gasteiger partial charge is 0.310 e. The second-order valence-electron chi connectivity index (χ2n) is 4.33. The zero-order chi connectivity index (χ0) is 16.7. The van der Waals surface area contributed by atoms with Crippen molar-refractivity contribution in [3.05, 3.63) is 70.0 Å². The Balaban J connectivity index is 1.89. The van der Waals surface area contributed by atoms with Crippen molar-refractivity contribution in [3.63, 3.8) is 0 Å². The summed E-state index contributed by atoms with van der Waals surface area (Å²) < 4.78 is 18.4. The Labute approximate surface area is 130 Å². The zero-order valence-corrected chi connectivity index (χ0v) is 11.8. The summed E-state index contributed by atoms with van der Waals surface area (Å²) in [7, 11) is 0. The molecule has 0 fully saturated rings. The van der Waals surface area contributed by atoms with Gasteiger partial charge in [0.05, 0.1) is 11.1 Å². The van der Waals surface area contributed by atoms with Gasteiger partial charge in [0.2, 0.25) is 0 Å². The van der Waals surface area contributed by atoms with E-state index in [2.05, 4.69) is 10.5 Å². The first-order chi connectivity index (χ1) is 11.1. The summed E-state index contributed by atoms with van der Waals surface area (Å²) >= 11 is 0. The zero-order valence-electron chi connectivity index (χ0n) is 11.8. The summed E-state index contributed by atoms with van der Waals surface area (Å²) in [5.74, 6) is -1.12. The number of nitro benzene ring substituents is 1. The van der Waals surface area contributed by atoms with Crippen LogP contribution in [0.5, 0.6) is 5.75 Å². The van der Waals surface area contributed by atoms with E-state index in [1.54, 1.807) is 12.1 Å². The van der Waals surface area contributed by atoms with Crippen molar-refractivity contribution in [1.29, 1.82) is 0 Å². The molecule has 0 saturated carbocycles. The van der Waals surface area contributed by atoms with Crippen molar-refractivity contribution in [2.75, 3.05) is 6.61 Å². The number of carbonyl (C=O) groups excluding carboxylic acids is 1. The van der Waals surface area contributed by atoms with E-state index in [0.717, 1.165) is 6.21 Å². The lowest BCUT2D eigenvalue weighted by Gasteiger charge is -2.05. The quantitative estimate of drug-likeness (QED) is 0.502. The standard InChI is InChI=1S/C15H12FN3O4/c16-12-6-2-1-5-11(12)9-17-18-15(20)10-23-14-8-4-3-7-13(14)19(21)22/h1-9H,10H2,(H,18,20). The second kappa shape index (κ2) is 7.64. The first-order valence-electron chi connectivity index (χ1n) is 6.50. The van der Waals surface area contributed by atoms with Gasteiger partial charge in [-0.3, -0.25) is 14.9 Å². The molecular formula is C15H12FN3O4. The molecule has 0 spiro atoms. The Morgan fingerprint density at radius 2 is 1.96 bits per heavy atom. The van der Waals surface area contributed by atoms with Gasteiger partial charge in [-0.05, 0) is 12.1 Å². The van der Waals surface area contributed by atoms with E-state index in [4.69, 9.17) is 4.74 Å². The summed E-state index contributed by atoms with van der Waals surface area (Å²) in [6.45, 7) is -0.459. The fraction of sp³-hybridized carbons (Fsp3) is 0.0667. The minimum absolute atomic E-state index is 0.0225. The summed E-state index contributed by atoms with van der Waals surface area (Å²) in [4.78, 5) is 21.7. The highest BCUT2D eigenvalue weighted by molar-refractivity contribution is 5.83. The fourth-order valence-electron chi connectivity index (χ4n) is 1.66. The van der Waals surface area contributed by atoms with E-state index in [-0.39, 0.29) is 17.0 Å². The van der Waals surface area contributed by atoms with Crippen molar-refractivity contribution >= 4 is 17.8 Å². The highest BCUT2D eigenvalue weighted by Gasteiger charge is 2.14. The van der Waals surface area contributed by atoms with Crippen LogP contribution in [0.4, 0.5) is 10.1 Å². The molecule has 0 heterocycles. The van der Waals surface area contributed by atoms with E-state index in [1.807, 2.05) is 0 Å². The monoisotopic (exact) mass is 317 g/mol. The van der Waals surface area contributed by atoms with Crippen molar-refractivity contribution < 1.29 is 18.8 Å². The molecule has 118 valence electrons. The van der Waals surface area contributed by atoms with Crippen LogP contribution >= 0.6 is 0 Å². The predicted octanol–water partition coefficient (Wildman–Crippen LogP) is 2.26. The molecule has 0 unspecified atom stereocenters. The number of nitro groups is 1. The van der Waals surface area contributed by atoms with E-state index < -0.39 is 23.3 Å². The van der Waals surface area contributed by atoms with Crippen LogP contribution in [0.25, 0.3) is 0 Å². The van der Waals surface area contributed by atoms with Crippen LogP contribution in [-0.2, 0) is 4.79 Å². The van der Waals surface area contributed by atoms with Crippen LogP contribution in [0.2, 0.25) is 0 Å². The average Bonchev–Trinajstić information content (AvgIpc) is 2.55. The van der Waals surface area contributed by atoms with Gasteiger partial charge in [0.1, 0.15) is 5.82 Å². The van der Waals surface area contributed by atoms with Gasteiger partial charge in [0.15, 0.2) is 12.4 Å². The molecule has 8 heteroatoms. The molecule has 2 aromatic rings. The van der Waals surface area contributed by atoms with Gasteiger partial charge in [0, 0.05) is 11.6 Å². The molecule has 23 heavy (non-hydrogen) atoms. The van der Waals surface area contributed by atoms with E-state index in [0.29, 0.717) is 0 Å². The highest BCUT2D eigenvalue weighted by Crippen LogP contribution is 2.25. The van der Waals surface area contributed by atoms with Crippen molar-refractivity contribution in [3.8, 4) is 5.75 Å². The summed E-state index contributed by atoms with van der Waals surface area (Å²) in [6.07, 6.45) is 1.15. The molecule has 2 rings (SSSR count). The van der Waals surface area contributed by atoms with Gasteiger partial charge >= 0.3 is 5.69 Å². The summed E-state index contributed by atoms with van der Waals surface area (Å²) in [5, 5.41) is 14.4. The molecule has 0 radical (unpaired) electrons. The minimum atomic E-state index is -0.629. The molecule has 0 atom stereocenters. The molecule has 0 aliphatic carbocycles. The van der Waals surface area contributed by atoms with Crippen LogP contribution in [0.15, 0.2) is 53.6 Å². The Hall–Kier alpha value is -3.29. The van der Waals surface area contributed by atoms with E-state index >= 15 is 0 Å². The lowest BCUT2D eigenvalue weighted by atomic mass is 10.2. The van der Waals surface area contributed by atoms with Gasteiger partial charge in [-0.1, -0.05) is 30.3 Å². The highest BCUT2D eigenvalue weighted by atomic mass is 19.1. The normalized spacial score (nSPS) is 10.5. The lowest BCUT2D eigenvalue weighted by Crippen LogP contribution is -2.24. The maximum atomic E-state index is 13.3. The predicted molar refractivity (Wildman–Crippen MR) is 80.7 cm³/mol. The number of benzene rings is 2. The minimum Gasteiger partial charge on any atom is -0.477 e. The van der Waals surface area contributed by atoms with Crippen LogP contribution in [0.3, 0.4) is 0 Å². The third-order valence-electron chi connectivity index (χ3n) is 2.72. The number of hydrazone groups is 1. The second-order valence-corrected chi connectivity index (χ2v) is 4.33. The van der Waals surface area contributed by atoms with Crippen LogP contribution in [0, 0.1) is 15.9 Å². The molecule has 0 saturated heterocycles. The molecule has 0 aromatic heterocycles. The average molecular weight is 317 g/mol. The Kier molecular flexibility index (Phi) is 5.35. The number of para-hydroxylation sites is 2.